The third-order valence-corrected chi connectivity index (χ3v) is 7.15. The largest absolute Gasteiger partial charge is 0.494 e. The molecule has 8 heteroatoms. The molecule has 176 valence electrons. The van der Waals surface area contributed by atoms with Crippen molar-refractivity contribution in [2.75, 3.05) is 24.6 Å². The van der Waals surface area contributed by atoms with Gasteiger partial charge in [-0.2, -0.15) is 0 Å². The number of anilines is 1. The number of imidazole rings is 1. The van der Waals surface area contributed by atoms with Crippen LogP contribution in [0.25, 0.3) is 16.2 Å². The first kappa shape index (κ1) is 22.4. The summed E-state index contributed by atoms with van der Waals surface area (Å²) in [4.78, 5) is 20.8. The second kappa shape index (κ2) is 9.85. The Bertz CT molecular complexity index is 1250. The molecule has 0 aliphatic carbocycles. The molecule has 1 aliphatic heterocycles. The molecule has 1 saturated heterocycles. The second-order valence-electron chi connectivity index (χ2n) is 8.65. The predicted octanol–water partition coefficient (Wildman–Crippen LogP) is 4.70. The monoisotopic (exact) mass is 475 g/mol. The van der Waals surface area contributed by atoms with E-state index in [9.17, 15) is 4.79 Å². The van der Waals surface area contributed by atoms with Gasteiger partial charge in [0, 0.05) is 30.8 Å². The Morgan fingerprint density at radius 3 is 2.82 bits per heavy atom. The Morgan fingerprint density at radius 2 is 2.03 bits per heavy atom. The van der Waals surface area contributed by atoms with E-state index < -0.39 is 0 Å². The van der Waals surface area contributed by atoms with E-state index in [2.05, 4.69) is 41.4 Å². The van der Waals surface area contributed by atoms with Crippen LogP contribution < -0.4 is 15.0 Å². The zero-order chi connectivity index (χ0) is 23.5. The zero-order valence-corrected chi connectivity index (χ0v) is 20.3. The standard InChI is InChI=1S/C26H29N5O2S/c1-3-33-23-9-5-4-7-20(23)15-27-24(32)21-8-6-14-30(16-21)26-29-31-17-22(28-25(31)34-26)19-12-10-18(2)11-13-19/h4-5,7,9-13,17,21H,3,6,8,14-16H2,1-2H3,(H,27,32). The fraction of sp³-hybridized carbons (Fsp3) is 0.346. The minimum absolute atomic E-state index is 0.0626. The maximum atomic E-state index is 13.0. The highest BCUT2D eigenvalue weighted by molar-refractivity contribution is 7.20. The van der Waals surface area contributed by atoms with Crippen molar-refractivity contribution >= 4 is 27.3 Å². The van der Waals surface area contributed by atoms with Gasteiger partial charge in [0.25, 0.3) is 0 Å². The molecule has 0 radical (unpaired) electrons. The number of ether oxygens (including phenoxy) is 1. The number of carbonyl (C=O) groups excluding carboxylic acids is 1. The van der Waals surface area contributed by atoms with E-state index in [1.807, 2.05) is 41.9 Å². The number of para-hydroxylation sites is 1. The molecular weight excluding hydrogens is 446 g/mol. The summed E-state index contributed by atoms with van der Waals surface area (Å²) in [6.07, 6.45) is 3.82. The van der Waals surface area contributed by atoms with Crippen molar-refractivity contribution in [1.82, 2.24) is 19.9 Å². The number of aromatic nitrogens is 3. The van der Waals surface area contributed by atoms with E-state index in [0.717, 1.165) is 52.0 Å². The Morgan fingerprint density at radius 1 is 1.21 bits per heavy atom. The van der Waals surface area contributed by atoms with Crippen molar-refractivity contribution < 1.29 is 9.53 Å². The van der Waals surface area contributed by atoms with Crippen LogP contribution in [0.5, 0.6) is 5.75 Å². The van der Waals surface area contributed by atoms with Crippen molar-refractivity contribution in [3.8, 4) is 17.0 Å². The number of aryl methyl sites for hydroxylation is 1. The molecule has 3 heterocycles. The number of carbonyl (C=O) groups is 1. The lowest BCUT2D eigenvalue weighted by Gasteiger charge is -2.31. The SMILES string of the molecule is CCOc1ccccc1CNC(=O)C1CCCN(c2nn3cc(-c4ccc(C)cc4)nc3s2)C1. The Hall–Kier alpha value is -3.39. The molecule has 5 rings (SSSR count). The van der Waals surface area contributed by atoms with Gasteiger partial charge in [-0.1, -0.05) is 59.4 Å². The fourth-order valence-electron chi connectivity index (χ4n) is 4.32. The molecule has 1 amide bonds. The number of nitrogens with one attached hydrogen (secondary N) is 1. The smallest absolute Gasteiger partial charge is 0.225 e. The lowest BCUT2D eigenvalue weighted by atomic mass is 9.97. The number of piperidine rings is 1. The van der Waals surface area contributed by atoms with Crippen molar-refractivity contribution in [1.29, 1.82) is 0 Å². The molecule has 7 nitrogen and oxygen atoms in total. The molecule has 0 bridgehead atoms. The Kier molecular flexibility index (Phi) is 6.49. The number of fused-ring (bicyclic) bond motifs is 1. The van der Waals surface area contributed by atoms with Crippen molar-refractivity contribution in [3.05, 3.63) is 65.9 Å². The summed E-state index contributed by atoms with van der Waals surface area (Å²) in [6, 6.07) is 16.2. The first-order chi connectivity index (χ1) is 16.6. The first-order valence-corrected chi connectivity index (χ1v) is 12.6. The second-order valence-corrected chi connectivity index (χ2v) is 9.58. The number of rotatable bonds is 7. The van der Waals surface area contributed by atoms with E-state index in [0.29, 0.717) is 19.7 Å². The van der Waals surface area contributed by atoms with Gasteiger partial charge in [-0.25, -0.2) is 9.50 Å². The maximum Gasteiger partial charge on any atom is 0.225 e. The number of hydrogen-bond acceptors (Lipinski definition) is 6. The topological polar surface area (TPSA) is 71.8 Å². The molecule has 0 spiro atoms. The normalized spacial score (nSPS) is 16.1. The van der Waals surface area contributed by atoms with E-state index in [1.54, 1.807) is 11.3 Å². The molecule has 1 unspecified atom stereocenters. The molecule has 1 atom stereocenters. The van der Waals surface area contributed by atoms with Crippen LogP contribution in [0.1, 0.15) is 30.9 Å². The van der Waals surface area contributed by atoms with E-state index in [4.69, 9.17) is 14.8 Å². The van der Waals surface area contributed by atoms with Crippen molar-refractivity contribution in [2.24, 2.45) is 5.92 Å². The first-order valence-electron chi connectivity index (χ1n) is 11.8. The van der Waals surface area contributed by atoms with Crippen LogP contribution in [0.2, 0.25) is 0 Å². The van der Waals surface area contributed by atoms with Gasteiger partial charge in [-0.05, 0) is 32.8 Å². The van der Waals surface area contributed by atoms with Gasteiger partial charge in [-0.3, -0.25) is 4.79 Å². The van der Waals surface area contributed by atoms with Crippen LogP contribution >= 0.6 is 11.3 Å². The molecule has 1 aliphatic rings. The minimum atomic E-state index is -0.0626. The van der Waals surface area contributed by atoms with Gasteiger partial charge in [0.05, 0.1) is 24.4 Å². The van der Waals surface area contributed by atoms with E-state index in [1.165, 1.54) is 5.56 Å². The summed E-state index contributed by atoms with van der Waals surface area (Å²) in [5.74, 6) is 0.845. The van der Waals surface area contributed by atoms with Gasteiger partial charge < -0.3 is 15.0 Å². The van der Waals surface area contributed by atoms with Crippen LogP contribution in [0.15, 0.2) is 54.7 Å². The average Bonchev–Trinajstić information content (AvgIpc) is 3.44. The van der Waals surface area contributed by atoms with Gasteiger partial charge in [0.1, 0.15) is 5.75 Å². The number of hydrogen-bond donors (Lipinski definition) is 1. The molecule has 4 aromatic rings. The minimum Gasteiger partial charge on any atom is -0.494 e. The zero-order valence-electron chi connectivity index (χ0n) is 19.5. The summed E-state index contributed by atoms with van der Waals surface area (Å²) in [5, 5.41) is 8.79. The van der Waals surface area contributed by atoms with Crippen LogP contribution in [-0.2, 0) is 11.3 Å². The van der Waals surface area contributed by atoms with Crippen LogP contribution in [0, 0.1) is 12.8 Å². The Balaban J connectivity index is 1.23. The molecule has 0 saturated carbocycles. The van der Waals surface area contributed by atoms with E-state index in [-0.39, 0.29) is 11.8 Å². The number of benzene rings is 2. The molecule has 1 fully saturated rings. The average molecular weight is 476 g/mol. The van der Waals surface area contributed by atoms with Crippen molar-refractivity contribution in [3.63, 3.8) is 0 Å². The third-order valence-electron chi connectivity index (χ3n) is 6.17. The number of nitrogens with zero attached hydrogens (tertiary/aromatic N) is 4. The third kappa shape index (κ3) is 4.77. The van der Waals surface area contributed by atoms with Crippen LogP contribution in [0.4, 0.5) is 5.13 Å². The van der Waals surface area contributed by atoms with Gasteiger partial charge in [0.2, 0.25) is 16.0 Å². The summed E-state index contributed by atoms with van der Waals surface area (Å²) in [6.45, 7) is 6.68. The van der Waals surface area contributed by atoms with E-state index >= 15 is 0 Å². The predicted molar refractivity (Wildman–Crippen MR) is 135 cm³/mol. The van der Waals surface area contributed by atoms with Crippen LogP contribution in [0.3, 0.4) is 0 Å². The van der Waals surface area contributed by atoms with Crippen LogP contribution in [-0.4, -0.2) is 40.2 Å². The molecular formula is C26H29N5O2S. The molecule has 1 N–H and O–H groups in total. The highest BCUT2D eigenvalue weighted by Gasteiger charge is 2.28. The Labute approximate surface area is 203 Å². The number of amides is 1. The van der Waals surface area contributed by atoms with Gasteiger partial charge in [-0.15, -0.1) is 5.10 Å². The highest BCUT2D eigenvalue weighted by Crippen LogP contribution is 2.30. The lowest BCUT2D eigenvalue weighted by Crippen LogP contribution is -2.43. The summed E-state index contributed by atoms with van der Waals surface area (Å²) < 4.78 is 7.53. The fourth-order valence-corrected chi connectivity index (χ4v) is 5.24. The summed E-state index contributed by atoms with van der Waals surface area (Å²) in [7, 11) is 0. The molecule has 2 aromatic carbocycles. The summed E-state index contributed by atoms with van der Waals surface area (Å²) >= 11 is 1.57. The summed E-state index contributed by atoms with van der Waals surface area (Å²) in [5.41, 5.74) is 4.24. The lowest BCUT2D eigenvalue weighted by molar-refractivity contribution is -0.125. The highest BCUT2D eigenvalue weighted by atomic mass is 32.1. The van der Waals surface area contributed by atoms with Crippen molar-refractivity contribution in [2.45, 2.75) is 33.2 Å². The molecule has 2 aromatic heterocycles. The molecule has 34 heavy (non-hydrogen) atoms. The maximum absolute atomic E-state index is 13.0. The van der Waals surface area contributed by atoms with Gasteiger partial charge in [0.15, 0.2) is 0 Å². The quantitative estimate of drug-likeness (QED) is 0.420. The van der Waals surface area contributed by atoms with Gasteiger partial charge >= 0.3 is 0 Å².